The molecule has 16 heteroatoms. The van der Waals surface area contributed by atoms with Crippen LogP contribution in [0.15, 0.2) is 0 Å². The minimum atomic E-state index is -1.85. The van der Waals surface area contributed by atoms with Crippen LogP contribution in [0.5, 0.6) is 0 Å². The smallest absolute Gasteiger partial charge is 0.187 e. The van der Waals surface area contributed by atoms with E-state index in [0.29, 0.717) is 0 Å². The largest absolute Gasteiger partial charge is 0.394 e. The van der Waals surface area contributed by atoms with E-state index >= 15 is 0 Å². The molecule has 0 radical (unpaired) electrons. The first kappa shape index (κ1) is 27.9. The molecule has 0 aromatic heterocycles. The number of ether oxygens (including phenoxy) is 5. The molecule has 0 spiro atoms. The van der Waals surface area contributed by atoms with E-state index in [9.17, 15) is 56.2 Å². The van der Waals surface area contributed by atoms with Crippen LogP contribution in [0.1, 0.15) is 0 Å². The first-order chi connectivity index (χ1) is 16.0. The van der Waals surface area contributed by atoms with Crippen LogP contribution in [0.25, 0.3) is 0 Å². The minimum Gasteiger partial charge on any atom is -0.394 e. The SMILES string of the molecule is OC[C@H]1O[C@H](O[C@@H]2[C@@H](OC[C@H]3OC(O)[C@@H](O)[C@@H](O)[C@@H]3O)O[C@H](CO)[C@@H](O)[C@@H]2O)[C@@H](O)[C@@H](O)[C@@H]1O. The lowest BCUT2D eigenvalue weighted by molar-refractivity contribution is -0.372. The van der Waals surface area contributed by atoms with Gasteiger partial charge in [-0.2, -0.15) is 0 Å². The molecule has 3 saturated heterocycles. The Bertz CT molecular complexity index is 639. The first-order valence-electron chi connectivity index (χ1n) is 10.6. The van der Waals surface area contributed by atoms with Crippen molar-refractivity contribution in [2.24, 2.45) is 0 Å². The third-order valence-electron chi connectivity index (χ3n) is 6.08. The van der Waals surface area contributed by atoms with Crippen LogP contribution in [0.2, 0.25) is 0 Å². The van der Waals surface area contributed by atoms with Crippen molar-refractivity contribution in [1.82, 2.24) is 0 Å². The van der Waals surface area contributed by atoms with Crippen molar-refractivity contribution >= 4 is 0 Å². The number of hydrogen-bond acceptors (Lipinski definition) is 16. The summed E-state index contributed by atoms with van der Waals surface area (Å²) in [7, 11) is 0. The van der Waals surface area contributed by atoms with Gasteiger partial charge in [0.05, 0.1) is 19.8 Å². The van der Waals surface area contributed by atoms with E-state index in [1.54, 1.807) is 0 Å². The maximum Gasteiger partial charge on any atom is 0.187 e. The van der Waals surface area contributed by atoms with Gasteiger partial charge in [-0.05, 0) is 0 Å². The van der Waals surface area contributed by atoms with Crippen LogP contribution < -0.4 is 0 Å². The summed E-state index contributed by atoms with van der Waals surface area (Å²) in [6.07, 6.45) is -25.0. The molecular weight excluding hydrogens is 472 g/mol. The van der Waals surface area contributed by atoms with E-state index in [0.717, 1.165) is 0 Å². The predicted octanol–water partition coefficient (Wildman–Crippen LogP) is -7.57. The maximum absolute atomic E-state index is 10.5. The summed E-state index contributed by atoms with van der Waals surface area (Å²) in [4.78, 5) is 0. The molecule has 3 aliphatic heterocycles. The summed E-state index contributed by atoms with van der Waals surface area (Å²) >= 11 is 0. The van der Waals surface area contributed by atoms with E-state index in [1.165, 1.54) is 0 Å². The summed E-state index contributed by atoms with van der Waals surface area (Å²) in [5.41, 5.74) is 0. The molecule has 0 amide bonds. The summed E-state index contributed by atoms with van der Waals surface area (Å²) in [5.74, 6) is 0. The maximum atomic E-state index is 10.5. The molecule has 0 aromatic carbocycles. The molecule has 0 bridgehead atoms. The van der Waals surface area contributed by atoms with Gasteiger partial charge in [0.1, 0.15) is 73.2 Å². The van der Waals surface area contributed by atoms with Crippen LogP contribution in [-0.4, -0.2) is 168 Å². The minimum absolute atomic E-state index is 0.609. The van der Waals surface area contributed by atoms with Crippen molar-refractivity contribution in [3.63, 3.8) is 0 Å². The molecule has 0 aromatic rings. The fourth-order valence-electron chi connectivity index (χ4n) is 3.93. The highest BCUT2D eigenvalue weighted by atomic mass is 16.8. The Morgan fingerprint density at radius 1 is 0.500 bits per heavy atom. The lowest BCUT2D eigenvalue weighted by Crippen LogP contribution is -2.65. The number of rotatable bonds is 7. The van der Waals surface area contributed by atoms with Crippen LogP contribution in [-0.2, 0) is 23.7 Å². The van der Waals surface area contributed by atoms with Gasteiger partial charge < -0.3 is 79.9 Å². The highest BCUT2D eigenvalue weighted by Crippen LogP contribution is 2.30. The Morgan fingerprint density at radius 2 is 1.00 bits per heavy atom. The lowest BCUT2D eigenvalue weighted by Gasteiger charge is -2.46. The Balaban J connectivity index is 1.74. The molecular formula is C18H32O16. The second-order valence-corrected chi connectivity index (χ2v) is 8.37. The quantitative estimate of drug-likeness (QED) is 0.154. The number of aliphatic hydroxyl groups is 11. The Hall–Kier alpha value is -0.640. The highest BCUT2D eigenvalue weighted by Gasteiger charge is 2.51. The first-order valence-corrected chi connectivity index (χ1v) is 10.6. The normalized spacial score (nSPS) is 52.5. The Kier molecular flexibility index (Phi) is 9.54. The van der Waals surface area contributed by atoms with E-state index in [4.69, 9.17) is 23.7 Å². The standard InChI is InChI=1S/C18H32O16/c19-1-4-7(21)11(25)14(28)17(32-4)34-15-12(26)8(22)5(2-20)33-18(15)30-3-6-9(23)10(24)13(27)16(29)31-6/h4-29H,1-3H2/t4-,5-,6-,7-,8-,9-,10+,11+,12+,13+,14+,15+,16?,17-,18+/m1/s1. The molecule has 15 atom stereocenters. The van der Waals surface area contributed by atoms with E-state index in [-0.39, 0.29) is 0 Å². The predicted molar refractivity (Wildman–Crippen MR) is 101 cm³/mol. The third-order valence-corrected chi connectivity index (χ3v) is 6.08. The van der Waals surface area contributed by atoms with E-state index < -0.39 is 112 Å². The highest BCUT2D eigenvalue weighted by molar-refractivity contribution is 4.94. The fourth-order valence-corrected chi connectivity index (χ4v) is 3.93. The van der Waals surface area contributed by atoms with Crippen molar-refractivity contribution in [2.45, 2.75) is 92.1 Å². The summed E-state index contributed by atoms with van der Waals surface area (Å²) in [6, 6.07) is 0. The third kappa shape index (κ3) is 5.52. The van der Waals surface area contributed by atoms with Crippen molar-refractivity contribution < 1.29 is 79.9 Å². The van der Waals surface area contributed by atoms with Crippen molar-refractivity contribution in [1.29, 1.82) is 0 Å². The van der Waals surface area contributed by atoms with Crippen molar-refractivity contribution in [3.05, 3.63) is 0 Å². The second kappa shape index (κ2) is 11.6. The average Bonchev–Trinajstić information content (AvgIpc) is 2.82. The van der Waals surface area contributed by atoms with Crippen molar-refractivity contribution in [2.75, 3.05) is 19.8 Å². The summed E-state index contributed by atoms with van der Waals surface area (Å²) < 4.78 is 26.5. The zero-order valence-electron chi connectivity index (χ0n) is 17.7. The van der Waals surface area contributed by atoms with Gasteiger partial charge in [-0.25, -0.2) is 0 Å². The van der Waals surface area contributed by atoms with Crippen LogP contribution in [0, 0.1) is 0 Å². The molecule has 200 valence electrons. The zero-order valence-corrected chi connectivity index (χ0v) is 17.7. The number of aliphatic hydroxyl groups excluding tert-OH is 11. The molecule has 11 N–H and O–H groups in total. The molecule has 34 heavy (non-hydrogen) atoms. The molecule has 1 unspecified atom stereocenters. The van der Waals surface area contributed by atoms with Crippen LogP contribution in [0.3, 0.4) is 0 Å². The molecule has 0 aliphatic carbocycles. The lowest BCUT2D eigenvalue weighted by atomic mass is 9.97. The van der Waals surface area contributed by atoms with Gasteiger partial charge in [0.25, 0.3) is 0 Å². The number of hydrogen-bond donors (Lipinski definition) is 11. The van der Waals surface area contributed by atoms with Crippen LogP contribution in [0.4, 0.5) is 0 Å². The van der Waals surface area contributed by atoms with E-state index in [1.807, 2.05) is 0 Å². The fraction of sp³-hybridized carbons (Fsp3) is 1.00. The van der Waals surface area contributed by atoms with Gasteiger partial charge in [-0.3, -0.25) is 0 Å². The molecule has 3 heterocycles. The molecule has 3 aliphatic rings. The molecule has 0 saturated carbocycles. The van der Waals surface area contributed by atoms with Gasteiger partial charge in [0.15, 0.2) is 18.9 Å². The topological polar surface area (TPSA) is 269 Å². The second-order valence-electron chi connectivity index (χ2n) is 8.37. The van der Waals surface area contributed by atoms with Gasteiger partial charge in [-0.1, -0.05) is 0 Å². The summed E-state index contributed by atoms with van der Waals surface area (Å²) in [5, 5.41) is 109. The van der Waals surface area contributed by atoms with Gasteiger partial charge in [-0.15, -0.1) is 0 Å². The molecule has 3 fully saturated rings. The Morgan fingerprint density at radius 3 is 1.59 bits per heavy atom. The Labute approximate surface area is 192 Å². The van der Waals surface area contributed by atoms with Crippen LogP contribution >= 0.6 is 0 Å². The molecule has 16 nitrogen and oxygen atoms in total. The van der Waals surface area contributed by atoms with Gasteiger partial charge in [0.2, 0.25) is 0 Å². The van der Waals surface area contributed by atoms with Crippen molar-refractivity contribution in [3.8, 4) is 0 Å². The molecule has 3 rings (SSSR count). The monoisotopic (exact) mass is 504 g/mol. The average molecular weight is 504 g/mol. The van der Waals surface area contributed by atoms with Gasteiger partial charge >= 0.3 is 0 Å². The van der Waals surface area contributed by atoms with Gasteiger partial charge in [0, 0.05) is 0 Å². The summed E-state index contributed by atoms with van der Waals surface area (Å²) in [6.45, 7) is -2.11. The van der Waals surface area contributed by atoms with E-state index in [2.05, 4.69) is 0 Å². The zero-order chi connectivity index (χ0) is 25.3.